The van der Waals surface area contributed by atoms with Gasteiger partial charge in [-0.2, -0.15) is 0 Å². The molecule has 1 aromatic carbocycles. The summed E-state index contributed by atoms with van der Waals surface area (Å²) in [5.74, 6) is 1.39. The molecule has 2 aromatic rings. The molecule has 2 rings (SSSR count). The van der Waals surface area contributed by atoms with Gasteiger partial charge in [-0.3, -0.25) is 0 Å². The van der Waals surface area contributed by atoms with Crippen molar-refractivity contribution in [2.24, 2.45) is 0 Å². The summed E-state index contributed by atoms with van der Waals surface area (Å²) < 4.78 is 11.5. The first kappa shape index (κ1) is 13.7. The number of rotatable bonds is 4. The van der Waals surface area contributed by atoms with Gasteiger partial charge in [-0.25, -0.2) is 0 Å². The molecular weight excluding hydrogens is 336 g/mol. The molecule has 2 nitrogen and oxygen atoms in total. The van der Waals surface area contributed by atoms with Gasteiger partial charge in [-0.05, 0) is 45.1 Å². The van der Waals surface area contributed by atoms with Gasteiger partial charge in [0.25, 0.3) is 0 Å². The lowest BCUT2D eigenvalue weighted by atomic mass is 10.1. The summed E-state index contributed by atoms with van der Waals surface area (Å²) in [6, 6.07) is 7.72. The molecule has 1 atom stereocenters. The van der Waals surface area contributed by atoms with Crippen molar-refractivity contribution in [3.05, 3.63) is 44.6 Å². The molecule has 1 unspecified atom stereocenters. The van der Waals surface area contributed by atoms with Crippen LogP contribution < -0.4 is 9.47 Å². The highest BCUT2D eigenvalue weighted by molar-refractivity contribution is 9.10. The molecule has 0 bridgehead atoms. The fourth-order valence-electron chi connectivity index (χ4n) is 1.65. The molecule has 96 valence electrons. The fourth-order valence-corrected chi connectivity index (χ4v) is 3.79. The summed E-state index contributed by atoms with van der Waals surface area (Å²) in [4.78, 5) is 1.09. The fraction of sp³-hybridized carbons (Fsp3) is 0.231. The Kier molecular flexibility index (Phi) is 4.54. The maximum atomic E-state index is 6.49. The predicted octanol–water partition coefficient (Wildman–Crippen LogP) is 4.86. The minimum Gasteiger partial charge on any atom is -0.493 e. The van der Waals surface area contributed by atoms with E-state index in [-0.39, 0.29) is 5.38 Å². The second-order valence-corrected chi connectivity index (χ2v) is 5.85. The van der Waals surface area contributed by atoms with Crippen LogP contribution in [0.4, 0.5) is 0 Å². The van der Waals surface area contributed by atoms with Gasteiger partial charge in [0, 0.05) is 9.35 Å². The van der Waals surface area contributed by atoms with Crippen molar-refractivity contribution in [1.82, 2.24) is 0 Å². The van der Waals surface area contributed by atoms with E-state index in [0.29, 0.717) is 11.5 Å². The van der Waals surface area contributed by atoms with Crippen LogP contribution in [0.2, 0.25) is 0 Å². The molecule has 0 saturated carbocycles. The largest absolute Gasteiger partial charge is 0.493 e. The Morgan fingerprint density at radius 1 is 1.17 bits per heavy atom. The van der Waals surface area contributed by atoms with E-state index < -0.39 is 0 Å². The Hall–Kier alpha value is -0.710. The summed E-state index contributed by atoms with van der Waals surface area (Å²) in [6.45, 7) is 0. The molecule has 18 heavy (non-hydrogen) atoms. The molecule has 1 aromatic heterocycles. The van der Waals surface area contributed by atoms with Crippen molar-refractivity contribution in [2.75, 3.05) is 14.2 Å². The number of thiophene rings is 1. The summed E-state index contributed by atoms with van der Waals surface area (Å²) in [5.41, 5.74) is 0.984. The molecule has 0 aliphatic rings. The normalized spacial score (nSPS) is 12.2. The van der Waals surface area contributed by atoms with E-state index in [4.69, 9.17) is 21.1 Å². The minimum atomic E-state index is -0.195. The standard InChI is InChI=1S/C13H12BrClO2S/c1-16-10-4-3-8(7-11(10)17-2)12(15)13-9(14)5-6-18-13/h3-7,12H,1-2H3. The van der Waals surface area contributed by atoms with Gasteiger partial charge >= 0.3 is 0 Å². The zero-order valence-corrected chi connectivity index (χ0v) is 13.1. The van der Waals surface area contributed by atoms with Gasteiger partial charge in [-0.15, -0.1) is 22.9 Å². The van der Waals surface area contributed by atoms with Gasteiger partial charge in [0.05, 0.1) is 19.6 Å². The highest BCUT2D eigenvalue weighted by Gasteiger charge is 2.17. The quantitative estimate of drug-likeness (QED) is 0.736. The molecule has 5 heteroatoms. The Bertz CT molecular complexity index is 542. The molecule has 0 aliphatic carbocycles. The van der Waals surface area contributed by atoms with Crippen molar-refractivity contribution >= 4 is 38.9 Å². The van der Waals surface area contributed by atoms with E-state index in [1.807, 2.05) is 29.6 Å². The van der Waals surface area contributed by atoms with Crippen LogP contribution in [-0.4, -0.2) is 14.2 Å². The average Bonchev–Trinajstić information content (AvgIpc) is 2.83. The average molecular weight is 348 g/mol. The molecule has 0 spiro atoms. The SMILES string of the molecule is COc1ccc(C(Cl)c2sccc2Br)cc1OC. The van der Waals surface area contributed by atoms with Crippen LogP contribution in [-0.2, 0) is 0 Å². The number of halogens is 2. The number of ether oxygens (including phenoxy) is 2. The molecule has 0 N–H and O–H groups in total. The van der Waals surface area contributed by atoms with E-state index in [2.05, 4.69) is 15.9 Å². The first-order valence-electron chi connectivity index (χ1n) is 5.26. The third kappa shape index (κ3) is 2.66. The number of hydrogen-bond acceptors (Lipinski definition) is 3. The van der Waals surface area contributed by atoms with Crippen molar-refractivity contribution in [3.63, 3.8) is 0 Å². The van der Waals surface area contributed by atoms with Crippen molar-refractivity contribution in [3.8, 4) is 11.5 Å². The Morgan fingerprint density at radius 3 is 2.44 bits per heavy atom. The summed E-state index contributed by atoms with van der Waals surface area (Å²) in [6.07, 6.45) is 0. The topological polar surface area (TPSA) is 18.5 Å². The lowest BCUT2D eigenvalue weighted by molar-refractivity contribution is 0.354. The van der Waals surface area contributed by atoms with Crippen LogP contribution in [0.5, 0.6) is 11.5 Å². The predicted molar refractivity (Wildman–Crippen MR) is 79.3 cm³/mol. The van der Waals surface area contributed by atoms with Gasteiger partial charge in [0.15, 0.2) is 11.5 Å². The highest BCUT2D eigenvalue weighted by Crippen LogP contribution is 2.40. The molecule has 0 saturated heterocycles. The molecule has 0 fully saturated rings. The molecular formula is C13H12BrClO2S. The minimum absolute atomic E-state index is 0.195. The summed E-state index contributed by atoms with van der Waals surface area (Å²) in [7, 11) is 3.23. The molecule has 0 radical (unpaired) electrons. The van der Waals surface area contributed by atoms with Crippen LogP contribution in [0.1, 0.15) is 15.8 Å². The van der Waals surface area contributed by atoms with E-state index in [9.17, 15) is 0 Å². The summed E-state index contributed by atoms with van der Waals surface area (Å²) in [5, 5.41) is 1.81. The second-order valence-electron chi connectivity index (χ2n) is 3.61. The van der Waals surface area contributed by atoms with Crippen LogP contribution in [0, 0.1) is 0 Å². The zero-order valence-electron chi connectivity index (χ0n) is 9.94. The number of benzene rings is 1. The lowest BCUT2D eigenvalue weighted by Crippen LogP contribution is -1.95. The van der Waals surface area contributed by atoms with Crippen LogP contribution in [0.25, 0.3) is 0 Å². The van der Waals surface area contributed by atoms with Crippen molar-refractivity contribution < 1.29 is 9.47 Å². The van der Waals surface area contributed by atoms with E-state index in [1.54, 1.807) is 25.6 Å². The second kappa shape index (κ2) is 5.95. The van der Waals surface area contributed by atoms with Gasteiger partial charge in [0.1, 0.15) is 0 Å². The Morgan fingerprint density at radius 2 is 1.89 bits per heavy atom. The van der Waals surface area contributed by atoms with E-state index in [1.165, 1.54) is 0 Å². The molecule has 0 aliphatic heterocycles. The van der Waals surface area contributed by atoms with E-state index in [0.717, 1.165) is 14.9 Å². The van der Waals surface area contributed by atoms with Gasteiger partial charge < -0.3 is 9.47 Å². The maximum Gasteiger partial charge on any atom is 0.161 e. The van der Waals surface area contributed by atoms with Crippen molar-refractivity contribution in [2.45, 2.75) is 5.38 Å². The smallest absolute Gasteiger partial charge is 0.161 e. The monoisotopic (exact) mass is 346 g/mol. The van der Waals surface area contributed by atoms with Gasteiger partial charge in [-0.1, -0.05) is 6.07 Å². The zero-order chi connectivity index (χ0) is 13.1. The van der Waals surface area contributed by atoms with Gasteiger partial charge in [0.2, 0.25) is 0 Å². The highest BCUT2D eigenvalue weighted by atomic mass is 79.9. The number of hydrogen-bond donors (Lipinski definition) is 0. The first-order chi connectivity index (χ1) is 8.67. The number of alkyl halides is 1. The van der Waals surface area contributed by atoms with Crippen molar-refractivity contribution in [1.29, 1.82) is 0 Å². The Labute approximate surface area is 124 Å². The van der Waals surface area contributed by atoms with Crippen LogP contribution in [0.3, 0.4) is 0 Å². The molecule has 0 amide bonds. The molecule has 1 heterocycles. The third-order valence-electron chi connectivity index (χ3n) is 2.58. The lowest BCUT2D eigenvalue weighted by Gasteiger charge is -2.13. The first-order valence-corrected chi connectivity index (χ1v) is 7.37. The van der Waals surface area contributed by atoms with E-state index >= 15 is 0 Å². The van der Waals surface area contributed by atoms with Crippen LogP contribution in [0.15, 0.2) is 34.1 Å². The number of methoxy groups -OCH3 is 2. The third-order valence-corrected chi connectivity index (χ3v) is 5.11. The maximum absolute atomic E-state index is 6.49. The summed E-state index contributed by atoms with van der Waals surface area (Å²) >= 11 is 11.6. The van der Waals surface area contributed by atoms with Crippen LogP contribution >= 0.6 is 38.9 Å². The Balaban J connectivity index is 2.37.